The van der Waals surface area contributed by atoms with Gasteiger partial charge in [0.25, 0.3) is 0 Å². The zero-order chi connectivity index (χ0) is 16.0. The SMILES string of the molecule is CCCCCCc1c(Cl)cccc1Cl.CO.NC(=O)O. The van der Waals surface area contributed by atoms with Crippen LogP contribution in [0.2, 0.25) is 10.0 Å². The number of carbonyl (C=O) groups is 1. The second-order valence-corrected chi connectivity index (χ2v) is 4.66. The van der Waals surface area contributed by atoms with Crippen LogP contribution in [0.3, 0.4) is 0 Å². The molecule has 0 heterocycles. The molecule has 0 saturated heterocycles. The Morgan fingerprint density at radius 1 is 1.15 bits per heavy atom. The van der Waals surface area contributed by atoms with Crippen LogP contribution >= 0.6 is 23.2 Å². The van der Waals surface area contributed by atoms with Crippen LogP contribution in [0.15, 0.2) is 18.2 Å². The molecule has 0 bridgehead atoms. The number of primary amides is 1. The van der Waals surface area contributed by atoms with E-state index in [4.69, 9.17) is 38.2 Å². The summed E-state index contributed by atoms with van der Waals surface area (Å²) in [6.07, 6.45) is 4.66. The lowest BCUT2D eigenvalue weighted by atomic mass is 10.1. The molecule has 20 heavy (non-hydrogen) atoms. The second kappa shape index (κ2) is 14.4. The molecule has 1 amide bonds. The fourth-order valence-electron chi connectivity index (χ4n) is 1.50. The molecule has 0 saturated carbocycles. The molecule has 0 radical (unpaired) electrons. The maximum atomic E-state index is 8.78. The molecule has 0 aromatic heterocycles. The van der Waals surface area contributed by atoms with Gasteiger partial charge in [-0.15, -0.1) is 0 Å². The first-order valence-electron chi connectivity index (χ1n) is 6.35. The van der Waals surface area contributed by atoms with Gasteiger partial charge < -0.3 is 15.9 Å². The predicted molar refractivity (Wildman–Crippen MR) is 84.7 cm³/mol. The number of aliphatic hydroxyl groups is 1. The number of aliphatic hydroxyl groups excluding tert-OH is 1. The maximum Gasteiger partial charge on any atom is 0.402 e. The van der Waals surface area contributed by atoms with E-state index in [9.17, 15) is 0 Å². The van der Waals surface area contributed by atoms with Crippen LogP contribution in [0.25, 0.3) is 0 Å². The van der Waals surface area contributed by atoms with Crippen molar-refractivity contribution >= 4 is 29.3 Å². The van der Waals surface area contributed by atoms with Gasteiger partial charge in [-0.1, -0.05) is 55.5 Å². The van der Waals surface area contributed by atoms with E-state index in [2.05, 4.69) is 12.7 Å². The Balaban J connectivity index is 0. The molecular formula is C14H23Cl2NO3. The van der Waals surface area contributed by atoms with Gasteiger partial charge in [-0.2, -0.15) is 0 Å². The number of benzene rings is 1. The number of halogens is 2. The van der Waals surface area contributed by atoms with Gasteiger partial charge in [0, 0.05) is 17.2 Å². The van der Waals surface area contributed by atoms with E-state index in [1.54, 1.807) is 0 Å². The van der Waals surface area contributed by atoms with Crippen molar-refractivity contribution in [2.75, 3.05) is 7.11 Å². The van der Waals surface area contributed by atoms with Gasteiger partial charge in [-0.3, -0.25) is 0 Å². The fourth-order valence-corrected chi connectivity index (χ4v) is 2.09. The summed E-state index contributed by atoms with van der Waals surface area (Å²) in [7, 11) is 1.00. The van der Waals surface area contributed by atoms with Crippen LogP contribution in [0, 0.1) is 0 Å². The topological polar surface area (TPSA) is 83.5 Å². The average Bonchev–Trinajstić information content (AvgIpc) is 2.39. The van der Waals surface area contributed by atoms with Gasteiger partial charge in [0.15, 0.2) is 0 Å². The molecule has 1 aromatic rings. The Morgan fingerprint density at radius 3 is 2.00 bits per heavy atom. The van der Waals surface area contributed by atoms with Gasteiger partial charge in [0.2, 0.25) is 0 Å². The van der Waals surface area contributed by atoms with Gasteiger partial charge >= 0.3 is 6.09 Å². The van der Waals surface area contributed by atoms with Crippen molar-refractivity contribution in [3.63, 3.8) is 0 Å². The van der Waals surface area contributed by atoms with Crippen molar-refractivity contribution in [3.8, 4) is 0 Å². The first-order valence-corrected chi connectivity index (χ1v) is 7.10. The highest BCUT2D eigenvalue weighted by Gasteiger charge is 2.04. The summed E-state index contributed by atoms with van der Waals surface area (Å²) in [6, 6.07) is 5.70. The molecule has 0 atom stereocenters. The minimum absolute atomic E-state index is 0.800. The number of hydrogen-bond donors (Lipinski definition) is 3. The maximum absolute atomic E-state index is 8.78. The van der Waals surface area contributed by atoms with Crippen LogP contribution in [-0.2, 0) is 6.42 Å². The largest absolute Gasteiger partial charge is 0.465 e. The molecule has 4 nitrogen and oxygen atoms in total. The molecule has 0 fully saturated rings. The summed E-state index contributed by atoms with van der Waals surface area (Å²) >= 11 is 12.1. The van der Waals surface area contributed by atoms with E-state index in [-0.39, 0.29) is 0 Å². The lowest BCUT2D eigenvalue weighted by molar-refractivity contribution is 0.205. The molecule has 4 N–H and O–H groups in total. The minimum Gasteiger partial charge on any atom is -0.465 e. The molecule has 0 aliphatic rings. The highest BCUT2D eigenvalue weighted by atomic mass is 35.5. The summed E-state index contributed by atoms with van der Waals surface area (Å²) in [6.45, 7) is 2.21. The quantitative estimate of drug-likeness (QED) is 0.704. The Labute approximate surface area is 130 Å². The average molecular weight is 324 g/mol. The van der Waals surface area contributed by atoms with Crippen LogP contribution in [0.5, 0.6) is 0 Å². The highest BCUT2D eigenvalue weighted by molar-refractivity contribution is 6.35. The summed E-state index contributed by atoms with van der Waals surface area (Å²) < 4.78 is 0. The molecule has 0 spiro atoms. The van der Waals surface area contributed by atoms with E-state index in [0.717, 1.165) is 29.1 Å². The molecule has 0 aliphatic heterocycles. The molecule has 1 rings (SSSR count). The zero-order valence-corrected chi connectivity index (χ0v) is 13.4. The number of carboxylic acid groups (broad SMARTS) is 1. The van der Waals surface area contributed by atoms with Crippen molar-refractivity contribution in [2.24, 2.45) is 5.73 Å². The Hall–Kier alpha value is -0.970. The third kappa shape index (κ3) is 12.1. The summed E-state index contributed by atoms with van der Waals surface area (Å²) in [5.41, 5.74) is 5.13. The van der Waals surface area contributed by atoms with Gasteiger partial charge in [-0.05, 0) is 30.5 Å². The number of hydrogen-bond acceptors (Lipinski definition) is 2. The molecule has 0 unspecified atom stereocenters. The first kappa shape index (κ1) is 21.3. The molecule has 1 aromatic carbocycles. The van der Waals surface area contributed by atoms with Gasteiger partial charge in [0.1, 0.15) is 0 Å². The van der Waals surface area contributed by atoms with Crippen LogP contribution in [0.4, 0.5) is 4.79 Å². The van der Waals surface area contributed by atoms with Crippen molar-refractivity contribution in [1.82, 2.24) is 0 Å². The molecule has 116 valence electrons. The van der Waals surface area contributed by atoms with Gasteiger partial charge in [0.05, 0.1) is 0 Å². The third-order valence-corrected chi connectivity index (χ3v) is 3.05. The zero-order valence-electron chi connectivity index (χ0n) is 11.9. The number of amides is 1. The Morgan fingerprint density at radius 2 is 1.60 bits per heavy atom. The number of rotatable bonds is 5. The normalized spacial score (nSPS) is 8.85. The summed E-state index contributed by atoms with van der Waals surface area (Å²) in [5, 5.41) is 15.8. The lowest BCUT2D eigenvalue weighted by Gasteiger charge is -2.05. The van der Waals surface area contributed by atoms with Crippen LogP contribution in [-0.4, -0.2) is 23.4 Å². The second-order valence-electron chi connectivity index (χ2n) is 3.85. The van der Waals surface area contributed by atoms with Crippen molar-refractivity contribution in [3.05, 3.63) is 33.8 Å². The fraction of sp³-hybridized carbons (Fsp3) is 0.500. The smallest absolute Gasteiger partial charge is 0.402 e. The Bertz CT molecular complexity index is 349. The van der Waals surface area contributed by atoms with Crippen LogP contribution in [0.1, 0.15) is 38.2 Å². The van der Waals surface area contributed by atoms with Crippen molar-refractivity contribution in [2.45, 2.75) is 39.0 Å². The van der Waals surface area contributed by atoms with Crippen molar-refractivity contribution < 1.29 is 15.0 Å². The molecule has 6 heteroatoms. The van der Waals surface area contributed by atoms with E-state index >= 15 is 0 Å². The van der Waals surface area contributed by atoms with E-state index in [1.807, 2.05) is 18.2 Å². The Kier molecular flexibility index (Phi) is 15.4. The number of unbranched alkanes of at least 4 members (excludes halogenated alkanes) is 3. The highest BCUT2D eigenvalue weighted by Crippen LogP contribution is 2.25. The summed E-state index contributed by atoms with van der Waals surface area (Å²) in [4.78, 5) is 8.78. The van der Waals surface area contributed by atoms with E-state index in [0.29, 0.717) is 0 Å². The lowest BCUT2D eigenvalue weighted by Crippen LogP contribution is -2.03. The third-order valence-electron chi connectivity index (χ3n) is 2.34. The number of nitrogens with two attached hydrogens (primary N) is 1. The summed E-state index contributed by atoms with van der Waals surface area (Å²) in [5.74, 6) is 0. The van der Waals surface area contributed by atoms with Crippen molar-refractivity contribution in [1.29, 1.82) is 0 Å². The van der Waals surface area contributed by atoms with Crippen LogP contribution < -0.4 is 5.73 Å². The standard InChI is InChI=1S/C12H16Cl2.CH3NO2.CH4O/c1-2-3-4-5-7-10-11(13)8-6-9-12(10)14;2-1(3)4;1-2/h6,8-9H,2-5,7H2,1H3;2H2,(H,3,4);2H,1H3. The molecular weight excluding hydrogens is 301 g/mol. The minimum atomic E-state index is -1.33. The van der Waals surface area contributed by atoms with E-state index in [1.165, 1.54) is 25.7 Å². The van der Waals surface area contributed by atoms with Gasteiger partial charge in [-0.25, -0.2) is 4.79 Å². The predicted octanol–water partition coefficient (Wildman–Crippen LogP) is 4.35. The first-order chi connectivity index (χ1) is 9.49. The monoisotopic (exact) mass is 323 g/mol. The molecule has 0 aliphatic carbocycles. The van der Waals surface area contributed by atoms with E-state index < -0.39 is 6.09 Å².